The normalized spacial score (nSPS) is 18.8. The first-order valence-corrected chi connectivity index (χ1v) is 8.79. The smallest absolute Gasteiger partial charge is 0.200 e. The van der Waals surface area contributed by atoms with Gasteiger partial charge in [-0.15, -0.1) is 0 Å². The minimum atomic E-state index is -3.66. The van der Waals surface area contributed by atoms with Gasteiger partial charge in [0.05, 0.1) is 10.6 Å². The summed E-state index contributed by atoms with van der Waals surface area (Å²) in [6, 6.07) is 11.7. The number of hydrogen-bond donors (Lipinski definition) is 2. The Bertz CT molecular complexity index is 796. The molecule has 1 unspecified atom stereocenters. The van der Waals surface area contributed by atoms with Crippen molar-refractivity contribution in [3.05, 3.63) is 54.3 Å². The van der Waals surface area contributed by atoms with Crippen molar-refractivity contribution in [2.75, 3.05) is 24.5 Å². The lowest BCUT2D eigenvalue weighted by Crippen LogP contribution is -2.55. The van der Waals surface area contributed by atoms with Crippen molar-refractivity contribution in [2.24, 2.45) is 0 Å². The summed E-state index contributed by atoms with van der Waals surface area (Å²) in [4.78, 5) is 1.74. The molecular formula is C16H17FN2O3S. The van der Waals surface area contributed by atoms with Crippen molar-refractivity contribution in [3.63, 3.8) is 0 Å². The van der Waals surface area contributed by atoms with Gasteiger partial charge in [-0.25, -0.2) is 12.8 Å². The second kappa shape index (κ2) is 6.17. The number of aromatic hydroxyl groups is 1. The third-order valence-corrected chi connectivity index (χ3v) is 5.94. The SMILES string of the molecule is O=S(=O)(c1ccccc1)C1CNCCN1c1cc(F)ccc1O. The molecule has 122 valence electrons. The summed E-state index contributed by atoms with van der Waals surface area (Å²) in [7, 11) is -3.66. The van der Waals surface area contributed by atoms with Crippen LogP contribution >= 0.6 is 0 Å². The number of benzene rings is 2. The highest BCUT2D eigenvalue weighted by Crippen LogP contribution is 2.32. The zero-order chi connectivity index (χ0) is 16.4. The van der Waals surface area contributed by atoms with E-state index < -0.39 is 21.0 Å². The number of rotatable bonds is 3. The van der Waals surface area contributed by atoms with Gasteiger partial charge in [-0.3, -0.25) is 0 Å². The molecular weight excluding hydrogens is 319 g/mol. The molecule has 1 heterocycles. The number of piperazine rings is 1. The molecule has 3 rings (SSSR count). The van der Waals surface area contributed by atoms with E-state index in [-0.39, 0.29) is 22.9 Å². The summed E-state index contributed by atoms with van der Waals surface area (Å²) in [6.07, 6.45) is 0. The first-order chi connectivity index (χ1) is 11.0. The van der Waals surface area contributed by atoms with Gasteiger partial charge in [-0.1, -0.05) is 18.2 Å². The Kier molecular flexibility index (Phi) is 4.23. The number of halogens is 1. The van der Waals surface area contributed by atoms with Crippen molar-refractivity contribution in [2.45, 2.75) is 10.3 Å². The lowest BCUT2D eigenvalue weighted by Gasteiger charge is -2.37. The third kappa shape index (κ3) is 3.02. The summed E-state index contributed by atoms with van der Waals surface area (Å²) in [5, 5.41) is 12.2. The fourth-order valence-corrected chi connectivity index (χ4v) is 4.47. The molecule has 1 aliphatic heterocycles. The molecule has 1 aliphatic rings. The number of phenols is 1. The Hall–Kier alpha value is -2.12. The van der Waals surface area contributed by atoms with Crippen LogP contribution in [0.2, 0.25) is 0 Å². The maximum atomic E-state index is 13.5. The van der Waals surface area contributed by atoms with Gasteiger partial charge >= 0.3 is 0 Å². The average Bonchev–Trinajstić information content (AvgIpc) is 2.58. The molecule has 23 heavy (non-hydrogen) atoms. The van der Waals surface area contributed by atoms with Gasteiger partial charge in [-0.2, -0.15) is 0 Å². The molecule has 0 amide bonds. The second-order valence-corrected chi connectivity index (χ2v) is 7.45. The number of anilines is 1. The maximum absolute atomic E-state index is 13.5. The zero-order valence-corrected chi connectivity index (χ0v) is 13.1. The predicted octanol–water partition coefficient (Wildman–Crippen LogP) is 1.74. The van der Waals surface area contributed by atoms with E-state index in [9.17, 15) is 17.9 Å². The van der Waals surface area contributed by atoms with Crippen molar-refractivity contribution in [1.29, 1.82) is 0 Å². The van der Waals surface area contributed by atoms with Crippen LogP contribution in [0.15, 0.2) is 53.4 Å². The number of nitrogens with zero attached hydrogens (tertiary/aromatic N) is 1. The maximum Gasteiger partial charge on any atom is 0.200 e. The predicted molar refractivity (Wildman–Crippen MR) is 85.7 cm³/mol. The molecule has 7 heteroatoms. The Labute approximate surface area is 134 Å². The zero-order valence-electron chi connectivity index (χ0n) is 12.3. The van der Waals surface area contributed by atoms with Gasteiger partial charge in [0.1, 0.15) is 16.9 Å². The number of phenolic OH excluding ortho intramolecular Hbond substituents is 1. The molecule has 2 N–H and O–H groups in total. The van der Waals surface area contributed by atoms with E-state index in [4.69, 9.17) is 0 Å². The van der Waals surface area contributed by atoms with E-state index in [0.29, 0.717) is 13.1 Å². The quantitative estimate of drug-likeness (QED) is 0.893. The van der Waals surface area contributed by atoms with Crippen LogP contribution in [0.3, 0.4) is 0 Å². The van der Waals surface area contributed by atoms with Gasteiger partial charge in [-0.05, 0) is 24.3 Å². The molecule has 0 aromatic heterocycles. The van der Waals surface area contributed by atoms with Gasteiger partial charge < -0.3 is 15.3 Å². The van der Waals surface area contributed by atoms with Gasteiger partial charge in [0, 0.05) is 25.7 Å². The molecule has 0 saturated carbocycles. The van der Waals surface area contributed by atoms with E-state index in [0.717, 1.165) is 12.1 Å². The highest BCUT2D eigenvalue weighted by molar-refractivity contribution is 7.92. The van der Waals surface area contributed by atoms with Gasteiger partial charge in [0.15, 0.2) is 0 Å². The molecule has 2 aromatic carbocycles. The topological polar surface area (TPSA) is 69.6 Å². The molecule has 1 atom stereocenters. The number of hydrogen-bond acceptors (Lipinski definition) is 5. The molecule has 2 aromatic rings. The minimum absolute atomic E-state index is 0.137. The lowest BCUT2D eigenvalue weighted by molar-refractivity contribution is 0.463. The molecule has 0 spiro atoms. The Morgan fingerprint density at radius 1 is 1.17 bits per heavy atom. The first kappa shape index (κ1) is 15.8. The van der Waals surface area contributed by atoms with Crippen LogP contribution < -0.4 is 10.2 Å². The number of sulfone groups is 1. The standard InChI is InChI=1S/C16H17FN2O3S/c17-12-6-7-15(20)14(10-12)19-9-8-18-11-16(19)23(21,22)13-4-2-1-3-5-13/h1-7,10,16,18,20H,8-9,11H2. The van der Waals surface area contributed by atoms with Crippen LogP contribution in [0.1, 0.15) is 0 Å². The second-order valence-electron chi connectivity index (χ2n) is 5.34. The van der Waals surface area contributed by atoms with Crippen molar-refractivity contribution in [1.82, 2.24) is 5.32 Å². The lowest BCUT2D eigenvalue weighted by atomic mass is 10.2. The molecule has 0 radical (unpaired) electrons. The Morgan fingerprint density at radius 3 is 2.65 bits per heavy atom. The largest absolute Gasteiger partial charge is 0.506 e. The summed E-state index contributed by atoms with van der Waals surface area (Å²) < 4.78 is 39.4. The highest BCUT2D eigenvalue weighted by atomic mass is 32.2. The number of nitrogens with one attached hydrogen (secondary N) is 1. The van der Waals surface area contributed by atoms with Crippen LogP contribution in [0, 0.1) is 5.82 Å². The van der Waals surface area contributed by atoms with E-state index in [1.165, 1.54) is 23.1 Å². The Morgan fingerprint density at radius 2 is 1.91 bits per heavy atom. The van der Waals surface area contributed by atoms with E-state index in [2.05, 4.69) is 5.32 Å². The van der Waals surface area contributed by atoms with Crippen LogP contribution in [-0.2, 0) is 9.84 Å². The van der Waals surface area contributed by atoms with E-state index >= 15 is 0 Å². The van der Waals surface area contributed by atoms with Crippen LogP contribution in [0.5, 0.6) is 5.75 Å². The molecule has 0 aliphatic carbocycles. The van der Waals surface area contributed by atoms with Crippen molar-refractivity contribution < 1.29 is 17.9 Å². The minimum Gasteiger partial charge on any atom is -0.506 e. The first-order valence-electron chi connectivity index (χ1n) is 7.25. The van der Waals surface area contributed by atoms with Gasteiger partial charge in [0.2, 0.25) is 9.84 Å². The molecule has 1 saturated heterocycles. The summed E-state index contributed by atoms with van der Waals surface area (Å²) >= 11 is 0. The van der Waals surface area contributed by atoms with E-state index in [1.807, 2.05) is 0 Å². The van der Waals surface area contributed by atoms with Crippen LogP contribution in [0.4, 0.5) is 10.1 Å². The molecule has 1 fully saturated rings. The van der Waals surface area contributed by atoms with Crippen molar-refractivity contribution in [3.8, 4) is 5.75 Å². The molecule has 5 nitrogen and oxygen atoms in total. The van der Waals surface area contributed by atoms with Gasteiger partial charge in [0.25, 0.3) is 0 Å². The van der Waals surface area contributed by atoms with Crippen LogP contribution in [-0.4, -0.2) is 38.5 Å². The van der Waals surface area contributed by atoms with Crippen LogP contribution in [0.25, 0.3) is 0 Å². The highest BCUT2D eigenvalue weighted by Gasteiger charge is 2.36. The Balaban J connectivity index is 2.04. The summed E-state index contributed by atoms with van der Waals surface area (Å²) in [5.74, 6) is -0.659. The summed E-state index contributed by atoms with van der Waals surface area (Å²) in [6.45, 7) is 1.11. The fourth-order valence-electron chi connectivity index (χ4n) is 2.73. The third-order valence-electron chi connectivity index (χ3n) is 3.87. The van der Waals surface area contributed by atoms with E-state index in [1.54, 1.807) is 18.2 Å². The monoisotopic (exact) mass is 336 g/mol. The average molecular weight is 336 g/mol. The molecule has 0 bridgehead atoms. The fraction of sp³-hybridized carbons (Fsp3) is 0.250. The van der Waals surface area contributed by atoms with Crippen molar-refractivity contribution >= 4 is 15.5 Å². The summed E-state index contributed by atoms with van der Waals surface area (Å²) in [5.41, 5.74) is 0.191.